The van der Waals surface area contributed by atoms with Crippen LogP contribution >= 0.6 is 27.5 Å². The van der Waals surface area contributed by atoms with Crippen LogP contribution in [0.5, 0.6) is 5.75 Å². The summed E-state index contributed by atoms with van der Waals surface area (Å²) in [6.07, 6.45) is 5.95. The lowest BCUT2D eigenvalue weighted by molar-refractivity contribution is 0.327. The number of ether oxygens (including phenoxy) is 1. The highest BCUT2D eigenvalue weighted by atomic mass is 79.9. The Morgan fingerprint density at radius 3 is 2.78 bits per heavy atom. The van der Waals surface area contributed by atoms with E-state index < -0.39 is 0 Å². The molecule has 0 saturated carbocycles. The lowest BCUT2D eigenvalue weighted by Gasteiger charge is -2.27. The van der Waals surface area contributed by atoms with Gasteiger partial charge in [0, 0.05) is 41.2 Å². The minimum atomic E-state index is 0.506. The van der Waals surface area contributed by atoms with Crippen molar-refractivity contribution in [2.24, 2.45) is 5.92 Å². The van der Waals surface area contributed by atoms with Crippen LogP contribution in [0.3, 0.4) is 0 Å². The molecule has 2 aromatic carbocycles. The van der Waals surface area contributed by atoms with Gasteiger partial charge in [0.15, 0.2) is 0 Å². The smallest absolute Gasteiger partial charge is 0.124 e. The molecule has 3 nitrogen and oxygen atoms in total. The molecule has 0 amide bonds. The number of benzene rings is 2. The Kier molecular flexibility index (Phi) is 7.53. The average Bonchev–Trinajstić information content (AvgIpc) is 2.62. The first-order valence-corrected chi connectivity index (χ1v) is 10.2. The van der Waals surface area contributed by atoms with Crippen LogP contribution in [0.4, 0.5) is 0 Å². The first kappa shape index (κ1) is 20.2. The van der Waals surface area contributed by atoms with E-state index in [4.69, 9.17) is 16.3 Å². The molecule has 1 heterocycles. The standard InChI is InChI=1S/C22H24BrClN2O/c1-2-9-27-22-8-4-16(3-5-18-6-7-20(24)11-21(18)23)10-19(22)15-26-14-17-12-25-13-17/h2-8,10-11,17,25-26H,1,9,12-15H2/b5-3+. The summed E-state index contributed by atoms with van der Waals surface area (Å²) in [5, 5.41) is 7.57. The van der Waals surface area contributed by atoms with Crippen LogP contribution in [-0.4, -0.2) is 26.2 Å². The molecule has 0 aliphatic carbocycles. The van der Waals surface area contributed by atoms with Crippen LogP contribution in [0.25, 0.3) is 12.2 Å². The number of hydrogen-bond donors (Lipinski definition) is 2. The zero-order valence-corrected chi connectivity index (χ0v) is 17.5. The maximum absolute atomic E-state index is 6.01. The summed E-state index contributed by atoms with van der Waals surface area (Å²) in [6.45, 7) is 8.25. The molecular formula is C22H24BrClN2O. The first-order valence-electron chi connectivity index (χ1n) is 9.07. The molecule has 0 radical (unpaired) electrons. The van der Waals surface area contributed by atoms with E-state index in [9.17, 15) is 0 Å². The Labute approximate surface area is 174 Å². The molecule has 1 saturated heterocycles. The molecule has 142 valence electrons. The molecule has 0 unspecified atom stereocenters. The second-order valence-corrected chi connectivity index (χ2v) is 7.91. The molecule has 0 bridgehead atoms. The summed E-state index contributed by atoms with van der Waals surface area (Å²) < 4.78 is 6.80. The van der Waals surface area contributed by atoms with Gasteiger partial charge in [0.25, 0.3) is 0 Å². The van der Waals surface area contributed by atoms with E-state index in [1.807, 2.05) is 24.3 Å². The van der Waals surface area contributed by atoms with Crippen LogP contribution in [0, 0.1) is 5.92 Å². The van der Waals surface area contributed by atoms with E-state index in [0.29, 0.717) is 6.61 Å². The van der Waals surface area contributed by atoms with Gasteiger partial charge in [-0.15, -0.1) is 0 Å². The van der Waals surface area contributed by atoms with Gasteiger partial charge < -0.3 is 15.4 Å². The van der Waals surface area contributed by atoms with Crippen molar-refractivity contribution in [2.75, 3.05) is 26.2 Å². The van der Waals surface area contributed by atoms with Gasteiger partial charge in [0.2, 0.25) is 0 Å². The maximum atomic E-state index is 6.01. The highest BCUT2D eigenvalue weighted by Gasteiger charge is 2.16. The minimum absolute atomic E-state index is 0.506. The highest BCUT2D eigenvalue weighted by Crippen LogP contribution is 2.25. The molecule has 27 heavy (non-hydrogen) atoms. The molecule has 2 aromatic rings. The third-order valence-electron chi connectivity index (χ3n) is 4.47. The summed E-state index contributed by atoms with van der Waals surface area (Å²) in [6, 6.07) is 12.1. The largest absolute Gasteiger partial charge is 0.489 e. The van der Waals surface area contributed by atoms with E-state index >= 15 is 0 Å². The fraction of sp³-hybridized carbons (Fsp3) is 0.273. The Morgan fingerprint density at radius 2 is 2.07 bits per heavy atom. The van der Waals surface area contributed by atoms with Crippen molar-refractivity contribution in [3.8, 4) is 5.75 Å². The van der Waals surface area contributed by atoms with Gasteiger partial charge in [0.05, 0.1) is 0 Å². The monoisotopic (exact) mass is 446 g/mol. The summed E-state index contributed by atoms with van der Waals surface area (Å²) >= 11 is 9.57. The van der Waals surface area contributed by atoms with Gasteiger partial charge in [0.1, 0.15) is 12.4 Å². The number of rotatable bonds is 9. The van der Waals surface area contributed by atoms with Crippen molar-refractivity contribution in [1.29, 1.82) is 0 Å². The van der Waals surface area contributed by atoms with Gasteiger partial charge in [-0.05, 0) is 41.3 Å². The van der Waals surface area contributed by atoms with Gasteiger partial charge in [-0.25, -0.2) is 0 Å². The molecule has 1 fully saturated rings. The average molecular weight is 448 g/mol. The number of halogens is 2. The zero-order chi connectivity index (χ0) is 19.1. The van der Waals surface area contributed by atoms with E-state index in [2.05, 4.69) is 57.4 Å². The topological polar surface area (TPSA) is 33.3 Å². The SMILES string of the molecule is C=CCOc1ccc(/C=C/c2ccc(Cl)cc2Br)cc1CNCC1CNC1. The number of nitrogens with one attached hydrogen (secondary N) is 2. The highest BCUT2D eigenvalue weighted by molar-refractivity contribution is 9.10. The normalized spacial score (nSPS) is 14.3. The van der Waals surface area contributed by atoms with Crippen molar-refractivity contribution in [1.82, 2.24) is 10.6 Å². The van der Waals surface area contributed by atoms with Gasteiger partial charge in [-0.3, -0.25) is 0 Å². The Balaban J connectivity index is 1.72. The van der Waals surface area contributed by atoms with Crippen LogP contribution in [-0.2, 0) is 6.54 Å². The van der Waals surface area contributed by atoms with Crippen molar-refractivity contribution in [3.63, 3.8) is 0 Å². The number of hydrogen-bond acceptors (Lipinski definition) is 3. The summed E-state index contributed by atoms with van der Waals surface area (Å²) in [4.78, 5) is 0. The van der Waals surface area contributed by atoms with E-state index in [1.165, 1.54) is 0 Å². The Morgan fingerprint density at radius 1 is 1.22 bits per heavy atom. The van der Waals surface area contributed by atoms with Gasteiger partial charge in [-0.1, -0.05) is 64.5 Å². The predicted octanol–water partition coefficient (Wildman–Crippen LogP) is 5.15. The lowest BCUT2D eigenvalue weighted by Crippen LogP contribution is -2.47. The fourth-order valence-electron chi connectivity index (χ4n) is 2.86. The van der Waals surface area contributed by atoms with Crippen molar-refractivity contribution in [3.05, 3.63) is 75.2 Å². The summed E-state index contributed by atoms with van der Waals surface area (Å²) in [7, 11) is 0. The second kappa shape index (κ2) is 10.1. The molecule has 1 aliphatic rings. The third-order valence-corrected chi connectivity index (χ3v) is 5.40. The molecule has 0 spiro atoms. The maximum Gasteiger partial charge on any atom is 0.124 e. The second-order valence-electron chi connectivity index (χ2n) is 6.62. The Bertz CT molecular complexity index is 818. The van der Waals surface area contributed by atoms with Gasteiger partial charge in [-0.2, -0.15) is 0 Å². The lowest BCUT2D eigenvalue weighted by atomic mass is 10.0. The van der Waals surface area contributed by atoms with E-state index in [1.54, 1.807) is 6.08 Å². The van der Waals surface area contributed by atoms with Crippen LogP contribution < -0.4 is 15.4 Å². The Hall–Kier alpha value is -1.59. The molecular weight excluding hydrogens is 424 g/mol. The molecule has 3 rings (SSSR count). The minimum Gasteiger partial charge on any atom is -0.489 e. The summed E-state index contributed by atoms with van der Waals surface area (Å²) in [5.41, 5.74) is 3.37. The predicted molar refractivity (Wildman–Crippen MR) is 118 cm³/mol. The molecule has 0 atom stereocenters. The van der Waals surface area contributed by atoms with E-state index in [0.717, 1.165) is 64.0 Å². The third kappa shape index (κ3) is 5.94. The van der Waals surface area contributed by atoms with E-state index in [-0.39, 0.29) is 0 Å². The fourth-order valence-corrected chi connectivity index (χ4v) is 3.67. The van der Waals surface area contributed by atoms with Crippen molar-refractivity contribution >= 4 is 39.7 Å². The quantitative estimate of drug-likeness (QED) is 0.412. The van der Waals surface area contributed by atoms with Gasteiger partial charge >= 0.3 is 0 Å². The zero-order valence-electron chi connectivity index (χ0n) is 15.2. The molecule has 1 aliphatic heterocycles. The molecule has 0 aromatic heterocycles. The van der Waals surface area contributed by atoms with Crippen LogP contribution in [0.15, 0.2) is 53.5 Å². The van der Waals surface area contributed by atoms with Crippen molar-refractivity contribution in [2.45, 2.75) is 6.54 Å². The molecule has 5 heteroatoms. The first-order chi connectivity index (χ1) is 13.2. The van der Waals surface area contributed by atoms with Crippen LogP contribution in [0.1, 0.15) is 16.7 Å². The van der Waals surface area contributed by atoms with Crippen molar-refractivity contribution < 1.29 is 4.74 Å². The summed E-state index contributed by atoms with van der Waals surface area (Å²) in [5.74, 6) is 1.63. The van der Waals surface area contributed by atoms with Crippen LogP contribution in [0.2, 0.25) is 5.02 Å². The molecule has 2 N–H and O–H groups in total.